The van der Waals surface area contributed by atoms with Gasteiger partial charge in [-0.3, -0.25) is 0 Å². The van der Waals surface area contributed by atoms with E-state index in [9.17, 15) is 8.42 Å². The molecule has 0 saturated heterocycles. The van der Waals surface area contributed by atoms with Crippen LogP contribution >= 0.6 is 11.5 Å². The molecule has 0 unspecified atom stereocenters. The summed E-state index contributed by atoms with van der Waals surface area (Å²) in [5.74, 6) is 1.44. The molecule has 6 nitrogen and oxygen atoms in total. The van der Waals surface area contributed by atoms with Crippen molar-refractivity contribution in [1.29, 1.82) is 0 Å². The SMILES string of the molecule is O=S(=O)(NCCc1cnc(C2CC2)nc1)c1ccns1. The highest BCUT2D eigenvalue weighted by atomic mass is 32.2. The number of nitrogens with zero attached hydrogens (tertiary/aromatic N) is 3. The predicted octanol–water partition coefficient (Wildman–Crippen LogP) is 1.33. The number of hydrogen-bond acceptors (Lipinski definition) is 6. The first kappa shape index (κ1) is 13.6. The summed E-state index contributed by atoms with van der Waals surface area (Å²) in [6, 6.07) is 1.49. The van der Waals surface area contributed by atoms with E-state index in [2.05, 4.69) is 19.1 Å². The summed E-state index contributed by atoms with van der Waals surface area (Å²) in [6.07, 6.45) is 7.96. The second-order valence-corrected chi connectivity index (χ2v) is 7.53. The molecule has 20 heavy (non-hydrogen) atoms. The lowest BCUT2D eigenvalue weighted by Crippen LogP contribution is -2.25. The van der Waals surface area contributed by atoms with E-state index < -0.39 is 10.0 Å². The van der Waals surface area contributed by atoms with Gasteiger partial charge in [-0.2, -0.15) is 4.37 Å². The fourth-order valence-corrected chi connectivity index (χ4v) is 3.59. The lowest BCUT2D eigenvalue weighted by atomic mass is 10.2. The zero-order valence-corrected chi connectivity index (χ0v) is 12.3. The van der Waals surface area contributed by atoms with Gasteiger partial charge in [-0.15, -0.1) is 0 Å². The molecule has 3 rings (SSSR count). The zero-order valence-electron chi connectivity index (χ0n) is 10.7. The fraction of sp³-hybridized carbons (Fsp3) is 0.417. The highest BCUT2D eigenvalue weighted by molar-refractivity contribution is 7.91. The van der Waals surface area contributed by atoms with Gasteiger partial charge in [0.25, 0.3) is 10.0 Å². The van der Waals surface area contributed by atoms with Crippen molar-refractivity contribution >= 4 is 21.6 Å². The molecule has 1 saturated carbocycles. The molecular weight excluding hydrogens is 296 g/mol. The minimum atomic E-state index is -3.43. The van der Waals surface area contributed by atoms with E-state index in [1.165, 1.54) is 25.1 Å². The smallest absolute Gasteiger partial charge is 0.241 e. The van der Waals surface area contributed by atoms with Gasteiger partial charge in [0.05, 0.1) is 0 Å². The van der Waals surface area contributed by atoms with Gasteiger partial charge in [-0.25, -0.2) is 23.1 Å². The Labute approximate surface area is 121 Å². The summed E-state index contributed by atoms with van der Waals surface area (Å²) < 4.78 is 30.3. The molecule has 1 aliphatic rings. The second kappa shape index (κ2) is 5.55. The molecule has 2 aromatic heterocycles. The molecule has 1 aliphatic carbocycles. The Morgan fingerprint density at radius 1 is 1.30 bits per heavy atom. The van der Waals surface area contributed by atoms with Crippen molar-refractivity contribution < 1.29 is 8.42 Å². The average Bonchev–Trinajstić information content (AvgIpc) is 3.13. The first-order valence-corrected chi connectivity index (χ1v) is 8.62. The summed E-state index contributed by atoms with van der Waals surface area (Å²) >= 11 is 0.963. The van der Waals surface area contributed by atoms with E-state index in [1.54, 1.807) is 12.4 Å². The lowest BCUT2D eigenvalue weighted by Gasteiger charge is -2.04. The van der Waals surface area contributed by atoms with Crippen molar-refractivity contribution in [3.8, 4) is 0 Å². The van der Waals surface area contributed by atoms with Crippen molar-refractivity contribution in [3.05, 3.63) is 36.0 Å². The molecule has 1 N–H and O–H groups in total. The van der Waals surface area contributed by atoms with Crippen LogP contribution in [0.3, 0.4) is 0 Å². The Hall–Kier alpha value is -1.38. The van der Waals surface area contributed by atoms with Gasteiger partial charge in [-0.05, 0) is 42.4 Å². The van der Waals surface area contributed by atoms with Crippen LogP contribution in [0.1, 0.15) is 30.1 Å². The molecule has 0 atom stereocenters. The van der Waals surface area contributed by atoms with Gasteiger partial charge in [0.15, 0.2) is 4.21 Å². The van der Waals surface area contributed by atoms with Crippen molar-refractivity contribution in [2.45, 2.75) is 29.4 Å². The third-order valence-electron chi connectivity index (χ3n) is 3.05. The number of hydrogen-bond donors (Lipinski definition) is 1. The van der Waals surface area contributed by atoms with Crippen LogP contribution in [0.2, 0.25) is 0 Å². The standard InChI is InChI=1S/C12H14N4O2S2/c17-20(18,11-4-5-15-19-11)16-6-3-9-7-13-12(14-8-9)10-1-2-10/h4-5,7-8,10,16H,1-3,6H2. The Kier molecular flexibility index (Phi) is 3.77. The average molecular weight is 310 g/mol. The van der Waals surface area contributed by atoms with Crippen LogP contribution in [0.4, 0.5) is 0 Å². The van der Waals surface area contributed by atoms with Crippen molar-refractivity contribution in [2.24, 2.45) is 0 Å². The number of sulfonamides is 1. The Morgan fingerprint density at radius 2 is 2.05 bits per heavy atom. The van der Waals surface area contributed by atoms with E-state index in [0.717, 1.165) is 22.9 Å². The zero-order chi connectivity index (χ0) is 14.0. The van der Waals surface area contributed by atoms with Crippen LogP contribution in [-0.4, -0.2) is 29.3 Å². The first-order valence-electron chi connectivity index (χ1n) is 6.36. The van der Waals surface area contributed by atoms with E-state index in [0.29, 0.717) is 18.9 Å². The normalized spacial score (nSPS) is 15.4. The summed E-state index contributed by atoms with van der Waals surface area (Å²) in [7, 11) is -3.43. The maximum Gasteiger partial charge on any atom is 0.251 e. The molecule has 106 valence electrons. The maximum absolute atomic E-state index is 11.9. The number of rotatable bonds is 6. The van der Waals surface area contributed by atoms with Gasteiger partial charge >= 0.3 is 0 Å². The van der Waals surface area contributed by atoms with Gasteiger partial charge < -0.3 is 0 Å². The van der Waals surface area contributed by atoms with Crippen LogP contribution in [0.15, 0.2) is 28.9 Å². The Balaban J connectivity index is 1.54. The largest absolute Gasteiger partial charge is 0.251 e. The van der Waals surface area contributed by atoms with Crippen LogP contribution in [0.5, 0.6) is 0 Å². The summed E-state index contributed by atoms with van der Waals surface area (Å²) in [5.41, 5.74) is 0.932. The van der Waals surface area contributed by atoms with E-state index >= 15 is 0 Å². The first-order chi connectivity index (χ1) is 9.65. The van der Waals surface area contributed by atoms with Gasteiger partial charge in [0.2, 0.25) is 0 Å². The summed E-state index contributed by atoms with van der Waals surface area (Å²) in [5, 5.41) is 0. The van der Waals surface area contributed by atoms with Crippen LogP contribution in [0.25, 0.3) is 0 Å². The molecule has 1 fully saturated rings. The quantitative estimate of drug-likeness (QED) is 0.870. The minimum absolute atomic E-state index is 0.234. The summed E-state index contributed by atoms with van der Waals surface area (Å²) in [4.78, 5) is 8.62. The molecule has 0 aromatic carbocycles. The molecular formula is C12H14N4O2S2. The molecule has 2 heterocycles. The van der Waals surface area contributed by atoms with Gasteiger partial charge in [-0.1, -0.05) is 0 Å². The second-order valence-electron chi connectivity index (χ2n) is 4.70. The third-order valence-corrected chi connectivity index (χ3v) is 5.73. The lowest BCUT2D eigenvalue weighted by molar-refractivity contribution is 0.583. The van der Waals surface area contributed by atoms with Crippen molar-refractivity contribution in [1.82, 2.24) is 19.1 Å². The maximum atomic E-state index is 11.9. The van der Waals surface area contributed by atoms with E-state index in [4.69, 9.17) is 0 Å². The fourth-order valence-electron chi connectivity index (χ4n) is 1.79. The van der Waals surface area contributed by atoms with Gasteiger partial charge in [0, 0.05) is 31.1 Å². The van der Waals surface area contributed by atoms with E-state index in [1.807, 2.05) is 0 Å². The monoisotopic (exact) mass is 310 g/mol. The summed E-state index contributed by atoms with van der Waals surface area (Å²) in [6.45, 7) is 0.326. The highest BCUT2D eigenvalue weighted by Gasteiger charge is 2.26. The van der Waals surface area contributed by atoms with Crippen molar-refractivity contribution in [3.63, 3.8) is 0 Å². The molecule has 0 bridgehead atoms. The minimum Gasteiger partial charge on any atom is -0.241 e. The van der Waals surface area contributed by atoms with Crippen LogP contribution < -0.4 is 4.72 Å². The Bertz CT molecular complexity index is 664. The van der Waals surface area contributed by atoms with Gasteiger partial charge in [0.1, 0.15) is 5.82 Å². The Morgan fingerprint density at radius 3 is 2.65 bits per heavy atom. The molecule has 0 amide bonds. The number of aromatic nitrogens is 3. The van der Waals surface area contributed by atoms with Crippen LogP contribution in [0, 0.1) is 0 Å². The van der Waals surface area contributed by atoms with E-state index in [-0.39, 0.29) is 4.21 Å². The topological polar surface area (TPSA) is 84.8 Å². The predicted molar refractivity (Wildman–Crippen MR) is 75.0 cm³/mol. The molecule has 2 aromatic rings. The van der Waals surface area contributed by atoms with Crippen LogP contribution in [-0.2, 0) is 16.4 Å². The third kappa shape index (κ3) is 3.20. The molecule has 0 radical (unpaired) electrons. The molecule has 0 spiro atoms. The number of nitrogens with one attached hydrogen (secondary N) is 1. The molecule has 0 aliphatic heterocycles. The highest BCUT2D eigenvalue weighted by Crippen LogP contribution is 2.37. The van der Waals surface area contributed by atoms with Crippen molar-refractivity contribution in [2.75, 3.05) is 6.54 Å². The molecule has 8 heteroatoms.